The Morgan fingerprint density at radius 1 is 0.731 bits per heavy atom. The zero-order valence-corrected chi connectivity index (χ0v) is 14.2. The van der Waals surface area contributed by atoms with Crippen LogP contribution in [0.5, 0.6) is 0 Å². The quantitative estimate of drug-likeness (QED) is 0.372. The zero-order valence-electron chi connectivity index (χ0n) is 14.2. The van der Waals surface area contributed by atoms with Gasteiger partial charge >= 0.3 is 0 Å². The molecule has 26 heavy (non-hydrogen) atoms. The number of nitrogens with two attached hydrogens (primary N) is 1. The van der Waals surface area contributed by atoms with Gasteiger partial charge in [0.2, 0.25) is 0 Å². The third kappa shape index (κ3) is 4.46. The predicted octanol–water partition coefficient (Wildman–Crippen LogP) is 4.01. The first kappa shape index (κ1) is 17.6. The highest BCUT2D eigenvalue weighted by Gasteiger charge is 2.10. The van der Waals surface area contributed by atoms with Crippen molar-refractivity contribution in [1.29, 1.82) is 0 Å². The molecule has 0 radical (unpaired) electrons. The molecule has 0 fully saturated rings. The van der Waals surface area contributed by atoms with Gasteiger partial charge in [0.05, 0.1) is 0 Å². The maximum Gasteiger partial charge on any atom is 0.173 e. The summed E-state index contributed by atoms with van der Waals surface area (Å²) in [6.07, 6.45) is 7.55. The minimum atomic E-state index is -0.997. The topological polar surface area (TPSA) is 73.8 Å². The van der Waals surface area contributed by atoms with E-state index >= 15 is 0 Å². The van der Waals surface area contributed by atoms with Crippen LogP contribution in [0.1, 0.15) is 22.3 Å². The predicted molar refractivity (Wildman–Crippen MR) is 107 cm³/mol. The van der Waals surface area contributed by atoms with E-state index in [9.17, 15) is 10.4 Å². The molecule has 0 spiro atoms. The average molecular weight is 344 g/mol. The third-order valence-corrected chi connectivity index (χ3v) is 4.00. The van der Waals surface area contributed by atoms with Gasteiger partial charge in [0.25, 0.3) is 0 Å². The molecule has 0 aliphatic carbocycles. The lowest BCUT2D eigenvalue weighted by Crippen LogP contribution is -2.99. The van der Waals surface area contributed by atoms with Crippen molar-refractivity contribution in [3.63, 3.8) is 0 Å². The summed E-state index contributed by atoms with van der Waals surface area (Å²) in [7, 11) is 0. The van der Waals surface area contributed by atoms with Crippen LogP contribution in [0.15, 0.2) is 72.8 Å². The maximum atomic E-state index is 11.6. The van der Waals surface area contributed by atoms with Gasteiger partial charge in [0.15, 0.2) is 5.69 Å². The van der Waals surface area contributed by atoms with E-state index in [-0.39, 0.29) is 5.69 Å². The fourth-order valence-electron chi connectivity index (χ4n) is 2.62. The van der Waals surface area contributed by atoms with Crippen LogP contribution in [-0.4, -0.2) is 5.21 Å². The van der Waals surface area contributed by atoms with Crippen molar-refractivity contribution in [3.05, 3.63) is 100 Å². The van der Waals surface area contributed by atoms with Gasteiger partial charge in [-0.05, 0) is 28.8 Å². The Labute approximate surface area is 152 Å². The molecule has 1 atom stereocenters. The second-order valence-corrected chi connectivity index (χ2v) is 5.86. The fraction of sp³-hybridized carbons (Fsp3) is 0. The van der Waals surface area contributed by atoms with E-state index in [2.05, 4.69) is 0 Å². The van der Waals surface area contributed by atoms with Gasteiger partial charge in [-0.15, -0.1) is 0 Å². The first-order valence-electron chi connectivity index (χ1n) is 8.26. The van der Waals surface area contributed by atoms with Gasteiger partial charge in [-0.25, -0.2) is 5.21 Å². The average Bonchev–Trinajstić information content (AvgIpc) is 2.67. The summed E-state index contributed by atoms with van der Waals surface area (Å²) in [4.78, 5) is 0. The highest BCUT2D eigenvalue weighted by atomic mass is 16.8. The Hall–Kier alpha value is -3.18. The van der Waals surface area contributed by atoms with Crippen LogP contribution in [0.4, 0.5) is 11.4 Å². The molecule has 4 N–H and O–H groups in total. The van der Waals surface area contributed by atoms with Gasteiger partial charge in [-0.2, -0.15) is 5.23 Å². The molecule has 0 aliphatic rings. The van der Waals surface area contributed by atoms with Crippen molar-refractivity contribution >= 4 is 35.7 Å². The van der Waals surface area contributed by atoms with Gasteiger partial charge in [0, 0.05) is 17.3 Å². The molecule has 3 rings (SSSR count). The Balaban J connectivity index is 1.96. The molecular formula is C22H20N2O2. The summed E-state index contributed by atoms with van der Waals surface area (Å²) >= 11 is 0. The lowest BCUT2D eigenvalue weighted by atomic mass is 10.0. The number of nitrogen functional groups attached to an aromatic ring is 1. The standard InChI is InChI=1S/C22H20N2O2/c23-21-16-22(24(25)26)20(14-12-18-9-5-2-6-10-18)15-19(21)13-11-17-7-3-1-4-8-17/h1-16,24-25H,23H2. The smallest absolute Gasteiger partial charge is 0.173 e. The minimum Gasteiger partial charge on any atom is -0.595 e. The number of rotatable bonds is 5. The first-order chi connectivity index (χ1) is 12.6. The summed E-state index contributed by atoms with van der Waals surface area (Å²) in [5.41, 5.74) is 10.1. The van der Waals surface area contributed by atoms with E-state index in [1.165, 1.54) is 6.07 Å². The van der Waals surface area contributed by atoms with Crippen molar-refractivity contribution in [2.45, 2.75) is 0 Å². The maximum absolute atomic E-state index is 11.6. The molecular weight excluding hydrogens is 324 g/mol. The Morgan fingerprint density at radius 2 is 1.23 bits per heavy atom. The van der Waals surface area contributed by atoms with E-state index in [0.29, 0.717) is 11.3 Å². The molecule has 3 aromatic carbocycles. The zero-order chi connectivity index (χ0) is 18.4. The second kappa shape index (κ2) is 8.27. The van der Waals surface area contributed by atoms with Crippen LogP contribution in [0, 0.1) is 5.21 Å². The lowest BCUT2D eigenvalue weighted by molar-refractivity contribution is -0.991. The van der Waals surface area contributed by atoms with Crippen molar-refractivity contribution in [2.24, 2.45) is 0 Å². The van der Waals surface area contributed by atoms with E-state index < -0.39 is 5.23 Å². The minimum absolute atomic E-state index is 0.187. The second-order valence-electron chi connectivity index (χ2n) is 5.86. The van der Waals surface area contributed by atoms with Crippen molar-refractivity contribution < 1.29 is 10.4 Å². The molecule has 4 heteroatoms. The van der Waals surface area contributed by atoms with Crippen LogP contribution in [-0.2, 0) is 0 Å². The molecule has 0 aromatic heterocycles. The normalized spacial score (nSPS) is 12.7. The van der Waals surface area contributed by atoms with Crippen LogP contribution in [0.2, 0.25) is 0 Å². The van der Waals surface area contributed by atoms with Crippen LogP contribution < -0.4 is 11.0 Å². The van der Waals surface area contributed by atoms with Crippen molar-refractivity contribution in [2.75, 3.05) is 5.73 Å². The SMILES string of the molecule is Nc1cc([NH+]([O-])O)c(C=Cc2ccccc2)cc1C=Cc1ccccc1. The molecule has 0 saturated carbocycles. The molecule has 0 amide bonds. The van der Waals surface area contributed by atoms with Gasteiger partial charge in [-0.1, -0.05) is 78.9 Å². The van der Waals surface area contributed by atoms with E-state index in [1.54, 1.807) is 12.1 Å². The third-order valence-electron chi connectivity index (χ3n) is 4.00. The summed E-state index contributed by atoms with van der Waals surface area (Å²) < 4.78 is 0. The Kier molecular flexibility index (Phi) is 5.61. The van der Waals surface area contributed by atoms with Crippen molar-refractivity contribution in [3.8, 4) is 0 Å². The van der Waals surface area contributed by atoms with E-state index in [4.69, 9.17) is 5.73 Å². The van der Waals surface area contributed by atoms with E-state index in [0.717, 1.165) is 16.7 Å². The van der Waals surface area contributed by atoms with Gasteiger partial charge in [0.1, 0.15) is 0 Å². The summed E-state index contributed by atoms with van der Waals surface area (Å²) in [6.45, 7) is 0. The summed E-state index contributed by atoms with van der Waals surface area (Å²) in [5.74, 6) is 0. The molecule has 0 bridgehead atoms. The number of nitrogens with one attached hydrogen (secondary N) is 1. The van der Waals surface area contributed by atoms with Crippen LogP contribution >= 0.6 is 0 Å². The molecule has 4 nitrogen and oxygen atoms in total. The number of hydrogen-bond acceptors (Lipinski definition) is 3. The molecule has 0 heterocycles. The fourth-order valence-corrected chi connectivity index (χ4v) is 2.62. The number of quaternary nitrogens is 1. The first-order valence-corrected chi connectivity index (χ1v) is 8.26. The van der Waals surface area contributed by atoms with Crippen molar-refractivity contribution in [1.82, 2.24) is 0 Å². The van der Waals surface area contributed by atoms with Crippen LogP contribution in [0.3, 0.4) is 0 Å². The highest BCUT2D eigenvalue weighted by Crippen LogP contribution is 2.25. The summed E-state index contributed by atoms with van der Waals surface area (Å²) in [6, 6.07) is 22.9. The number of hydrogen-bond donors (Lipinski definition) is 3. The molecule has 3 aromatic rings. The Morgan fingerprint density at radius 3 is 1.73 bits per heavy atom. The van der Waals surface area contributed by atoms with Gasteiger partial charge < -0.3 is 10.9 Å². The molecule has 1 unspecified atom stereocenters. The monoisotopic (exact) mass is 344 g/mol. The number of anilines is 1. The molecule has 0 saturated heterocycles. The molecule has 0 aliphatic heterocycles. The molecule has 130 valence electrons. The van der Waals surface area contributed by atoms with Gasteiger partial charge in [-0.3, -0.25) is 0 Å². The Bertz CT molecular complexity index is 918. The van der Waals surface area contributed by atoms with E-state index in [1.807, 2.05) is 78.9 Å². The largest absolute Gasteiger partial charge is 0.595 e. The van der Waals surface area contributed by atoms with Crippen LogP contribution in [0.25, 0.3) is 24.3 Å². The highest BCUT2D eigenvalue weighted by molar-refractivity contribution is 5.82. The number of benzene rings is 3. The lowest BCUT2D eigenvalue weighted by Gasteiger charge is -2.16. The summed E-state index contributed by atoms with van der Waals surface area (Å²) in [5, 5.41) is 20.0.